The highest BCUT2D eigenvalue weighted by Gasteiger charge is 2.19. The SMILES string of the molecule is CC(C)(C)OC(=O)NCCOCCNc1ccc([N+](=O)[O-])cc1[N+](=O)[O-]. The number of anilines is 1. The summed E-state index contributed by atoms with van der Waals surface area (Å²) in [7, 11) is 0. The van der Waals surface area contributed by atoms with Crippen LogP contribution in [0.1, 0.15) is 20.8 Å². The molecule has 1 aromatic rings. The molecule has 26 heavy (non-hydrogen) atoms. The topological polar surface area (TPSA) is 146 Å². The molecule has 0 aliphatic rings. The van der Waals surface area contributed by atoms with Gasteiger partial charge in [-0.2, -0.15) is 0 Å². The maximum absolute atomic E-state index is 11.4. The van der Waals surface area contributed by atoms with Crippen molar-refractivity contribution in [1.82, 2.24) is 5.32 Å². The molecule has 0 spiro atoms. The van der Waals surface area contributed by atoms with E-state index in [9.17, 15) is 25.0 Å². The van der Waals surface area contributed by atoms with Gasteiger partial charge in [0.15, 0.2) is 0 Å². The molecule has 2 N–H and O–H groups in total. The van der Waals surface area contributed by atoms with Crippen molar-refractivity contribution in [2.45, 2.75) is 26.4 Å². The quantitative estimate of drug-likeness (QED) is 0.383. The van der Waals surface area contributed by atoms with E-state index in [1.807, 2.05) is 0 Å². The Balaban J connectivity index is 2.33. The van der Waals surface area contributed by atoms with Gasteiger partial charge < -0.3 is 20.1 Å². The Bertz CT molecular complexity index is 658. The van der Waals surface area contributed by atoms with Gasteiger partial charge in [0.2, 0.25) is 0 Å². The summed E-state index contributed by atoms with van der Waals surface area (Å²) in [5.41, 5.74) is -1.15. The number of alkyl carbamates (subject to hydrolysis) is 1. The Morgan fingerprint density at radius 2 is 1.77 bits per heavy atom. The molecule has 0 unspecified atom stereocenters. The van der Waals surface area contributed by atoms with E-state index >= 15 is 0 Å². The fraction of sp³-hybridized carbons (Fsp3) is 0.533. The van der Waals surface area contributed by atoms with Crippen LogP contribution in [0.25, 0.3) is 0 Å². The minimum absolute atomic E-state index is 0.163. The van der Waals surface area contributed by atoms with E-state index in [1.165, 1.54) is 12.1 Å². The molecule has 1 amide bonds. The van der Waals surface area contributed by atoms with E-state index < -0.39 is 21.5 Å². The smallest absolute Gasteiger partial charge is 0.407 e. The van der Waals surface area contributed by atoms with Crippen molar-refractivity contribution in [3.8, 4) is 0 Å². The van der Waals surface area contributed by atoms with Crippen LogP contribution < -0.4 is 10.6 Å². The number of non-ortho nitro benzene ring substituents is 1. The van der Waals surface area contributed by atoms with Crippen molar-refractivity contribution in [1.29, 1.82) is 0 Å². The third kappa shape index (κ3) is 7.75. The number of nitrogens with zero attached hydrogens (tertiary/aromatic N) is 2. The van der Waals surface area contributed by atoms with Crippen LogP contribution in [0.3, 0.4) is 0 Å². The number of nitrogens with one attached hydrogen (secondary N) is 2. The van der Waals surface area contributed by atoms with Crippen LogP contribution in [0.4, 0.5) is 21.9 Å². The fourth-order valence-electron chi connectivity index (χ4n) is 1.83. The van der Waals surface area contributed by atoms with E-state index in [0.29, 0.717) is 0 Å². The summed E-state index contributed by atoms with van der Waals surface area (Å²) < 4.78 is 10.3. The zero-order chi connectivity index (χ0) is 19.7. The second-order valence-corrected chi connectivity index (χ2v) is 6.18. The average molecular weight is 370 g/mol. The Morgan fingerprint density at radius 3 is 2.35 bits per heavy atom. The highest BCUT2D eigenvalue weighted by molar-refractivity contribution is 5.67. The summed E-state index contributed by atoms with van der Waals surface area (Å²) in [6.45, 7) is 6.25. The Hall–Kier alpha value is -2.95. The molecule has 0 bridgehead atoms. The zero-order valence-electron chi connectivity index (χ0n) is 14.8. The molecule has 0 heterocycles. The molecular weight excluding hydrogens is 348 g/mol. The molecule has 0 aliphatic carbocycles. The molecule has 1 rings (SSSR count). The molecule has 1 aromatic carbocycles. The fourth-order valence-corrected chi connectivity index (χ4v) is 1.83. The Morgan fingerprint density at radius 1 is 1.12 bits per heavy atom. The van der Waals surface area contributed by atoms with E-state index in [4.69, 9.17) is 9.47 Å². The van der Waals surface area contributed by atoms with Gasteiger partial charge in [-0.15, -0.1) is 0 Å². The molecule has 0 saturated carbocycles. The first kappa shape index (κ1) is 21.1. The van der Waals surface area contributed by atoms with Crippen molar-refractivity contribution in [3.63, 3.8) is 0 Å². The number of ether oxygens (including phenoxy) is 2. The molecule has 11 heteroatoms. The van der Waals surface area contributed by atoms with Crippen molar-refractivity contribution in [2.75, 3.05) is 31.6 Å². The van der Waals surface area contributed by atoms with Crippen molar-refractivity contribution in [3.05, 3.63) is 38.4 Å². The number of nitro benzene ring substituents is 2. The summed E-state index contributed by atoms with van der Waals surface area (Å²) in [4.78, 5) is 31.7. The van der Waals surface area contributed by atoms with Crippen LogP contribution in [-0.2, 0) is 9.47 Å². The largest absolute Gasteiger partial charge is 0.444 e. The minimum Gasteiger partial charge on any atom is -0.444 e. The van der Waals surface area contributed by atoms with Crippen LogP contribution in [-0.4, -0.2) is 47.8 Å². The highest BCUT2D eigenvalue weighted by atomic mass is 16.6. The molecule has 11 nitrogen and oxygen atoms in total. The third-order valence-corrected chi connectivity index (χ3v) is 2.87. The minimum atomic E-state index is -0.697. The van der Waals surface area contributed by atoms with Crippen LogP contribution in [0.5, 0.6) is 0 Å². The predicted molar refractivity (Wildman–Crippen MR) is 93.3 cm³/mol. The molecule has 0 fully saturated rings. The molecule has 0 radical (unpaired) electrons. The summed E-state index contributed by atoms with van der Waals surface area (Å²) >= 11 is 0. The summed E-state index contributed by atoms with van der Waals surface area (Å²) in [6.07, 6.45) is -0.541. The number of carbonyl (C=O) groups excluding carboxylic acids is 1. The summed E-state index contributed by atoms with van der Waals surface area (Å²) in [5.74, 6) is 0. The van der Waals surface area contributed by atoms with Crippen LogP contribution in [0, 0.1) is 20.2 Å². The number of benzene rings is 1. The lowest BCUT2D eigenvalue weighted by Gasteiger charge is -2.19. The second-order valence-electron chi connectivity index (χ2n) is 6.18. The third-order valence-electron chi connectivity index (χ3n) is 2.87. The van der Waals surface area contributed by atoms with Gasteiger partial charge >= 0.3 is 6.09 Å². The van der Waals surface area contributed by atoms with Gasteiger partial charge in [-0.3, -0.25) is 20.2 Å². The molecule has 144 valence electrons. The number of amides is 1. The van der Waals surface area contributed by atoms with E-state index in [1.54, 1.807) is 20.8 Å². The van der Waals surface area contributed by atoms with Gasteiger partial charge in [-0.05, 0) is 26.8 Å². The first-order chi connectivity index (χ1) is 12.1. The van der Waals surface area contributed by atoms with E-state index in [2.05, 4.69) is 10.6 Å². The molecule has 0 aliphatic heterocycles. The van der Waals surface area contributed by atoms with Crippen molar-refractivity contribution in [2.24, 2.45) is 0 Å². The Labute approximate surface area is 150 Å². The zero-order valence-corrected chi connectivity index (χ0v) is 14.8. The van der Waals surface area contributed by atoms with Crippen molar-refractivity contribution < 1.29 is 24.1 Å². The van der Waals surface area contributed by atoms with Gasteiger partial charge in [-0.25, -0.2) is 4.79 Å². The van der Waals surface area contributed by atoms with Gasteiger partial charge in [0.1, 0.15) is 11.3 Å². The molecule has 0 saturated heterocycles. The van der Waals surface area contributed by atoms with Gasteiger partial charge in [0, 0.05) is 19.2 Å². The summed E-state index contributed by atoms with van der Waals surface area (Å²) in [5, 5.41) is 27.0. The maximum atomic E-state index is 11.4. The number of nitro groups is 2. The lowest BCUT2D eigenvalue weighted by atomic mass is 10.2. The second kappa shape index (κ2) is 9.51. The van der Waals surface area contributed by atoms with E-state index in [0.717, 1.165) is 6.07 Å². The number of carbonyl (C=O) groups is 1. The van der Waals surface area contributed by atoms with Gasteiger partial charge in [0.25, 0.3) is 11.4 Å². The first-order valence-corrected chi connectivity index (χ1v) is 7.81. The lowest BCUT2D eigenvalue weighted by Crippen LogP contribution is -2.34. The Kier molecular flexibility index (Phi) is 7.72. The lowest BCUT2D eigenvalue weighted by molar-refractivity contribution is -0.393. The van der Waals surface area contributed by atoms with Crippen LogP contribution in [0.2, 0.25) is 0 Å². The first-order valence-electron chi connectivity index (χ1n) is 7.81. The highest BCUT2D eigenvalue weighted by Crippen LogP contribution is 2.28. The number of hydrogen-bond acceptors (Lipinski definition) is 8. The van der Waals surface area contributed by atoms with Gasteiger partial charge in [-0.1, -0.05) is 0 Å². The monoisotopic (exact) mass is 370 g/mol. The van der Waals surface area contributed by atoms with Gasteiger partial charge in [0.05, 0.1) is 29.1 Å². The molecule has 0 atom stereocenters. The van der Waals surface area contributed by atoms with Crippen molar-refractivity contribution >= 4 is 23.2 Å². The molecule has 0 aromatic heterocycles. The normalized spacial score (nSPS) is 10.9. The average Bonchev–Trinajstić information content (AvgIpc) is 2.52. The molecular formula is C15H22N4O7. The predicted octanol–water partition coefficient (Wildman–Crippen LogP) is 2.46. The van der Waals surface area contributed by atoms with Crippen LogP contribution >= 0.6 is 0 Å². The number of hydrogen-bond donors (Lipinski definition) is 2. The van der Waals surface area contributed by atoms with Crippen LogP contribution in [0.15, 0.2) is 18.2 Å². The number of rotatable bonds is 9. The van der Waals surface area contributed by atoms with E-state index in [-0.39, 0.29) is 43.4 Å². The maximum Gasteiger partial charge on any atom is 0.407 e. The standard InChI is InChI=1S/C15H22N4O7/c1-15(2,3)26-14(20)17-7-9-25-8-6-16-12-5-4-11(18(21)22)10-13(12)19(23)24/h4-5,10,16H,6-9H2,1-3H3,(H,17,20). The summed E-state index contributed by atoms with van der Waals surface area (Å²) in [6, 6.07) is 3.36.